The molecule has 0 saturated carbocycles. The lowest BCUT2D eigenvalue weighted by atomic mass is 9.99. The van der Waals surface area contributed by atoms with Crippen LogP contribution in [0.15, 0.2) is 71.6 Å². The summed E-state index contributed by atoms with van der Waals surface area (Å²) < 4.78 is 5.71. The number of carbonyl (C=O) groups is 2. The van der Waals surface area contributed by atoms with Crippen LogP contribution in [0, 0.1) is 5.92 Å². The quantitative estimate of drug-likeness (QED) is 0.267. The van der Waals surface area contributed by atoms with Crippen molar-refractivity contribution in [3.05, 3.63) is 87.6 Å². The number of ether oxygens (including phenoxy) is 1. The average molecular weight is 462 g/mol. The molecule has 6 heteroatoms. The van der Waals surface area contributed by atoms with Crippen LogP contribution < -0.4 is 9.64 Å². The van der Waals surface area contributed by atoms with E-state index < -0.39 is 17.7 Å². The zero-order valence-electron chi connectivity index (χ0n) is 18.9. The first kappa shape index (κ1) is 22.8. The summed E-state index contributed by atoms with van der Waals surface area (Å²) in [4.78, 5) is 28.6. The summed E-state index contributed by atoms with van der Waals surface area (Å²) in [5, 5.41) is 13.1. The van der Waals surface area contributed by atoms with Crippen molar-refractivity contribution in [1.82, 2.24) is 0 Å². The van der Waals surface area contributed by atoms with Gasteiger partial charge >= 0.3 is 0 Å². The second kappa shape index (κ2) is 9.63. The van der Waals surface area contributed by atoms with Crippen LogP contribution in [0.1, 0.15) is 42.8 Å². The van der Waals surface area contributed by atoms with E-state index in [1.165, 1.54) is 16.2 Å². The number of Topliss-reactive ketones (excluding diaryl/α,β-unsaturated/α-hetero) is 1. The number of aliphatic hydroxyl groups is 1. The molecule has 1 amide bonds. The smallest absolute Gasteiger partial charge is 0.300 e. The molecule has 1 saturated heterocycles. The summed E-state index contributed by atoms with van der Waals surface area (Å²) in [7, 11) is 0. The van der Waals surface area contributed by atoms with E-state index in [2.05, 4.69) is 20.8 Å². The minimum atomic E-state index is -0.689. The molecule has 1 atom stereocenters. The Morgan fingerprint density at radius 3 is 2.33 bits per heavy atom. The van der Waals surface area contributed by atoms with E-state index in [4.69, 9.17) is 4.74 Å². The van der Waals surface area contributed by atoms with Crippen LogP contribution in [0.2, 0.25) is 0 Å². The molecule has 5 nitrogen and oxygen atoms in total. The fourth-order valence-electron chi connectivity index (χ4n) is 3.83. The van der Waals surface area contributed by atoms with E-state index in [0.29, 0.717) is 29.5 Å². The molecule has 1 aromatic heterocycles. The van der Waals surface area contributed by atoms with E-state index in [1.807, 2.05) is 41.8 Å². The summed E-state index contributed by atoms with van der Waals surface area (Å²) in [6.07, 6.45) is 0.879. The fraction of sp³-hybridized carbons (Fsp3) is 0.259. The second-order valence-electron chi connectivity index (χ2n) is 8.43. The van der Waals surface area contributed by atoms with E-state index in [0.717, 1.165) is 16.9 Å². The molecule has 1 fully saturated rings. The summed E-state index contributed by atoms with van der Waals surface area (Å²) in [6.45, 7) is 6.79. The number of anilines is 1. The Bertz CT molecular complexity index is 1160. The molecule has 1 unspecified atom stereocenters. The van der Waals surface area contributed by atoms with Gasteiger partial charge in [0.25, 0.3) is 11.7 Å². The number of nitrogens with zero attached hydrogens (tertiary/aromatic N) is 1. The van der Waals surface area contributed by atoms with Crippen LogP contribution in [-0.2, 0) is 16.0 Å². The normalized spacial score (nSPS) is 17.7. The predicted octanol–water partition coefficient (Wildman–Crippen LogP) is 5.97. The monoisotopic (exact) mass is 461 g/mol. The van der Waals surface area contributed by atoms with Crippen molar-refractivity contribution in [2.24, 2.45) is 5.92 Å². The number of rotatable bonds is 7. The Labute approximate surface area is 197 Å². The summed E-state index contributed by atoms with van der Waals surface area (Å²) in [5.74, 6) is -0.436. The molecule has 0 bridgehead atoms. The van der Waals surface area contributed by atoms with Crippen molar-refractivity contribution in [3.63, 3.8) is 0 Å². The van der Waals surface area contributed by atoms with Gasteiger partial charge in [-0.25, -0.2) is 0 Å². The number of aryl methyl sites for hydroxylation is 1. The first-order valence-corrected chi connectivity index (χ1v) is 11.9. The average Bonchev–Trinajstić information content (AvgIpc) is 3.44. The Balaban J connectivity index is 1.76. The molecule has 4 rings (SSSR count). The van der Waals surface area contributed by atoms with Crippen molar-refractivity contribution in [1.29, 1.82) is 0 Å². The van der Waals surface area contributed by atoms with Crippen molar-refractivity contribution in [2.45, 2.75) is 33.2 Å². The van der Waals surface area contributed by atoms with Crippen LogP contribution in [0.25, 0.3) is 5.76 Å². The number of thiophene rings is 1. The van der Waals surface area contributed by atoms with E-state index in [-0.39, 0.29) is 11.3 Å². The highest BCUT2D eigenvalue weighted by atomic mass is 32.1. The van der Waals surface area contributed by atoms with Crippen LogP contribution in [0.5, 0.6) is 5.75 Å². The van der Waals surface area contributed by atoms with Gasteiger partial charge in [-0.15, -0.1) is 11.3 Å². The lowest BCUT2D eigenvalue weighted by molar-refractivity contribution is -0.132. The highest BCUT2D eigenvalue weighted by Gasteiger charge is 2.47. The second-order valence-corrected chi connectivity index (χ2v) is 9.41. The molecule has 1 aliphatic rings. The molecule has 3 aromatic rings. The van der Waals surface area contributed by atoms with Gasteiger partial charge in [0.1, 0.15) is 17.6 Å². The van der Waals surface area contributed by atoms with Gasteiger partial charge in [-0.2, -0.15) is 0 Å². The topological polar surface area (TPSA) is 66.8 Å². The van der Waals surface area contributed by atoms with Gasteiger partial charge in [0, 0.05) is 16.1 Å². The number of hydrogen-bond donors (Lipinski definition) is 1. The van der Waals surface area contributed by atoms with E-state index in [1.54, 1.807) is 24.3 Å². The van der Waals surface area contributed by atoms with Crippen molar-refractivity contribution in [3.8, 4) is 5.75 Å². The minimum absolute atomic E-state index is 0.0952. The fourth-order valence-corrected chi connectivity index (χ4v) is 4.66. The summed E-state index contributed by atoms with van der Waals surface area (Å²) in [6, 6.07) is 17.6. The maximum Gasteiger partial charge on any atom is 0.300 e. The highest BCUT2D eigenvalue weighted by Crippen LogP contribution is 2.43. The van der Waals surface area contributed by atoms with E-state index >= 15 is 0 Å². The Hall–Kier alpha value is -3.38. The lowest BCUT2D eigenvalue weighted by Gasteiger charge is -2.24. The Kier molecular flexibility index (Phi) is 6.65. The number of ketones is 1. The number of amides is 1. The SMILES string of the molecule is CCc1ccc(N2C(=O)C(=O)/C(=C(\O)c3ccc(OCC(C)C)cc3)C2c2cccs2)cc1. The molecule has 170 valence electrons. The van der Waals surface area contributed by atoms with Crippen molar-refractivity contribution < 1.29 is 19.4 Å². The number of aliphatic hydroxyl groups excluding tert-OH is 1. The van der Waals surface area contributed by atoms with Gasteiger partial charge in [0.2, 0.25) is 0 Å². The van der Waals surface area contributed by atoms with Crippen LogP contribution in [0.3, 0.4) is 0 Å². The first-order valence-electron chi connectivity index (χ1n) is 11.1. The predicted molar refractivity (Wildman–Crippen MR) is 132 cm³/mol. The van der Waals surface area contributed by atoms with Crippen molar-refractivity contribution in [2.75, 3.05) is 11.5 Å². The zero-order valence-corrected chi connectivity index (χ0v) is 19.8. The molecule has 2 aromatic carbocycles. The molecule has 2 heterocycles. The van der Waals surface area contributed by atoms with Gasteiger partial charge in [0.05, 0.1) is 12.2 Å². The molecular formula is C27H27NO4S. The van der Waals surface area contributed by atoms with Gasteiger partial charge in [-0.1, -0.05) is 39.0 Å². The van der Waals surface area contributed by atoms with Gasteiger partial charge in [-0.3, -0.25) is 14.5 Å². The third-order valence-corrected chi connectivity index (χ3v) is 6.52. The van der Waals surface area contributed by atoms with Crippen LogP contribution >= 0.6 is 11.3 Å². The third kappa shape index (κ3) is 4.57. The Morgan fingerprint density at radius 1 is 1.06 bits per heavy atom. The molecule has 33 heavy (non-hydrogen) atoms. The minimum Gasteiger partial charge on any atom is -0.507 e. The van der Waals surface area contributed by atoms with Gasteiger partial charge in [0.15, 0.2) is 0 Å². The maximum atomic E-state index is 13.1. The molecule has 1 N–H and O–H groups in total. The summed E-state index contributed by atoms with van der Waals surface area (Å²) in [5.41, 5.74) is 2.33. The van der Waals surface area contributed by atoms with Crippen LogP contribution in [0.4, 0.5) is 5.69 Å². The number of carbonyl (C=O) groups excluding carboxylic acids is 2. The first-order chi connectivity index (χ1) is 15.9. The largest absolute Gasteiger partial charge is 0.507 e. The molecule has 1 aliphatic heterocycles. The maximum absolute atomic E-state index is 13.1. The van der Waals surface area contributed by atoms with Gasteiger partial charge < -0.3 is 9.84 Å². The van der Waals surface area contributed by atoms with Crippen molar-refractivity contribution >= 4 is 34.5 Å². The molecule has 0 radical (unpaired) electrons. The third-order valence-electron chi connectivity index (χ3n) is 5.59. The number of benzene rings is 2. The standard InChI is InChI=1S/C27H27NO4S/c1-4-18-7-11-20(12-8-18)28-24(22-6-5-15-33-22)23(26(30)27(28)31)25(29)19-9-13-21(14-10-19)32-16-17(2)3/h5-15,17,24,29H,4,16H2,1-3H3/b25-23-. The molecular weight excluding hydrogens is 434 g/mol. The van der Waals surface area contributed by atoms with E-state index in [9.17, 15) is 14.7 Å². The Morgan fingerprint density at radius 2 is 1.76 bits per heavy atom. The highest BCUT2D eigenvalue weighted by molar-refractivity contribution is 7.10. The molecule has 0 spiro atoms. The van der Waals surface area contributed by atoms with Gasteiger partial charge in [-0.05, 0) is 65.7 Å². The summed E-state index contributed by atoms with van der Waals surface area (Å²) >= 11 is 1.45. The number of hydrogen-bond acceptors (Lipinski definition) is 5. The zero-order chi connectivity index (χ0) is 23.5. The van der Waals surface area contributed by atoms with Crippen LogP contribution in [-0.4, -0.2) is 23.4 Å². The molecule has 0 aliphatic carbocycles. The lowest BCUT2D eigenvalue weighted by Crippen LogP contribution is -2.29.